The van der Waals surface area contributed by atoms with Crippen molar-refractivity contribution in [1.82, 2.24) is 4.90 Å². The summed E-state index contributed by atoms with van der Waals surface area (Å²) in [5, 5.41) is 10.6. The first kappa shape index (κ1) is 11.6. The van der Waals surface area contributed by atoms with Crippen molar-refractivity contribution in [2.24, 2.45) is 0 Å². The number of hydrogen-bond acceptors (Lipinski definition) is 3. The lowest BCUT2D eigenvalue weighted by molar-refractivity contribution is -0.384. The molecule has 0 aliphatic carbocycles. The van der Waals surface area contributed by atoms with Crippen LogP contribution in [-0.2, 0) is 6.54 Å². The van der Waals surface area contributed by atoms with Gasteiger partial charge in [-0.3, -0.25) is 14.9 Å². The van der Waals surface area contributed by atoms with Crippen molar-refractivity contribution >= 4 is 11.6 Å². The van der Waals surface area contributed by atoms with E-state index in [1.165, 1.54) is 12.1 Å². The molecular formula is C12H14N2O3. The summed E-state index contributed by atoms with van der Waals surface area (Å²) in [5.74, 6) is -0.0108. The van der Waals surface area contributed by atoms with Gasteiger partial charge in [0.25, 0.3) is 11.6 Å². The monoisotopic (exact) mass is 234 g/mol. The Hall–Kier alpha value is -1.91. The summed E-state index contributed by atoms with van der Waals surface area (Å²) in [6, 6.07) is 4.45. The van der Waals surface area contributed by atoms with E-state index in [1.54, 1.807) is 11.0 Å². The molecule has 1 aliphatic rings. The molecule has 0 unspecified atom stereocenters. The fourth-order valence-electron chi connectivity index (χ4n) is 2.01. The zero-order chi connectivity index (χ0) is 12.4. The number of hydrogen-bond donors (Lipinski definition) is 0. The van der Waals surface area contributed by atoms with Crippen LogP contribution in [0, 0.1) is 10.1 Å². The summed E-state index contributed by atoms with van der Waals surface area (Å²) in [5.41, 5.74) is 1.42. The minimum Gasteiger partial charge on any atom is -0.334 e. The van der Waals surface area contributed by atoms with E-state index in [9.17, 15) is 14.9 Å². The Balaban J connectivity index is 2.22. The number of carbonyl (C=O) groups excluding carboxylic acids is 1. The highest BCUT2D eigenvalue weighted by Gasteiger charge is 2.28. The molecular weight excluding hydrogens is 220 g/mol. The molecule has 2 rings (SSSR count). The highest BCUT2D eigenvalue weighted by Crippen LogP contribution is 2.26. The minimum atomic E-state index is -0.431. The predicted octanol–water partition coefficient (Wildman–Crippen LogP) is 2.35. The van der Waals surface area contributed by atoms with Crippen LogP contribution in [0.25, 0.3) is 0 Å². The Morgan fingerprint density at radius 1 is 1.47 bits per heavy atom. The van der Waals surface area contributed by atoms with Gasteiger partial charge in [0.15, 0.2) is 0 Å². The van der Waals surface area contributed by atoms with E-state index in [4.69, 9.17) is 0 Å². The molecule has 0 saturated carbocycles. The number of carbonyl (C=O) groups is 1. The number of nitro groups is 1. The number of amides is 1. The van der Waals surface area contributed by atoms with Gasteiger partial charge in [-0.1, -0.05) is 13.3 Å². The standard InChI is InChI=1S/C12H14N2O3/c1-2-3-6-13-8-9-7-10(14(16)17)4-5-11(9)12(13)15/h4-5,7H,2-3,6,8H2,1H3. The Bertz CT molecular complexity index is 471. The SMILES string of the molecule is CCCCN1Cc2cc([N+](=O)[O-])ccc2C1=O. The smallest absolute Gasteiger partial charge is 0.269 e. The number of rotatable bonds is 4. The van der Waals surface area contributed by atoms with Crippen molar-refractivity contribution in [3.05, 3.63) is 39.4 Å². The number of unbranched alkanes of at least 4 members (excludes halogenated alkanes) is 1. The zero-order valence-electron chi connectivity index (χ0n) is 9.68. The largest absolute Gasteiger partial charge is 0.334 e. The number of benzene rings is 1. The summed E-state index contributed by atoms with van der Waals surface area (Å²) >= 11 is 0. The van der Waals surface area contributed by atoms with Crippen molar-refractivity contribution in [3.63, 3.8) is 0 Å². The molecule has 0 fully saturated rings. The van der Waals surface area contributed by atoms with Crippen LogP contribution in [0.3, 0.4) is 0 Å². The summed E-state index contributed by atoms with van der Waals surface area (Å²) in [6.07, 6.45) is 1.99. The zero-order valence-corrected chi connectivity index (χ0v) is 9.68. The van der Waals surface area contributed by atoms with Gasteiger partial charge in [0.2, 0.25) is 0 Å². The van der Waals surface area contributed by atoms with Crippen LogP contribution in [0.2, 0.25) is 0 Å². The molecule has 1 heterocycles. The molecule has 5 heteroatoms. The lowest BCUT2D eigenvalue weighted by atomic mass is 10.1. The third-order valence-electron chi connectivity index (χ3n) is 2.96. The Labute approximate surface area is 99.2 Å². The third kappa shape index (κ3) is 2.13. The number of fused-ring (bicyclic) bond motifs is 1. The van der Waals surface area contributed by atoms with Gasteiger partial charge in [-0.15, -0.1) is 0 Å². The summed E-state index contributed by atoms with van der Waals surface area (Å²) < 4.78 is 0. The lowest BCUT2D eigenvalue weighted by Gasteiger charge is -2.14. The van der Waals surface area contributed by atoms with Crippen LogP contribution < -0.4 is 0 Å². The van der Waals surface area contributed by atoms with Crippen LogP contribution in [0.4, 0.5) is 5.69 Å². The van der Waals surface area contributed by atoms with Gasteiger partial charge in [-0.25, -0.2) is 0 Å². The fourth-order valence-corrected chi connectivity index (χ4v) is 2.01. The first-order valence-electron chi connectivity index (χ1n) is 5.70. The van der Waals surface area contributed by atoms with Gasteiger partial charge >= 0.3 is 0 Å². The van der Waals surface area contributed by atoms with Crippen LogP contribution in [0.15, 0.2) is 18.2 Å². The van der Waals surface area contributed by atoms with E-state index < -0.39 is 4.92 Å². The van der Waals surface area contributed by atoms with Gasteiger partial charge in [0.1, 0.15) is 0 Å². The molecule has 0 radical (unpaired) electrons. The van der Waals surface area contributed by atoms with Crippen LogP contribution in [0.1, 0.15) is 35.7 Å². The molecule has 1 aliphatic heterocycles. The highest BCUT2D eigenvalue weighted by atomic mass is 16.6. The van der Waals surface area contributed by atoms with Gasteiger partial charge < -0.3 is 4.90 Å². The molecule has 0 spiro atoms. The van der Waals surface area contributed by atoms with Crippen molar-refractivity contribution in [2.45, 2.75) is 26.3 Å². The average molecular weight is 234 g/mol. The molecule has 1 amide bonds. The van der Waals surface area contributed by atoms with Crippen LogP contribution >= 0.6 is 0 Å². The van der Waals surface area contributed by atoms with Crippen molar-refractivity contribution in [1.29, 1.82) is 0 Å². The molecule has 17 heavy (non-hydrogen) atoms. The lowest BCUT2D eigenvalue weighted by Crippen LogP contribution is -2.24. The summed E-state index contributed by atoms with van der Waals surface area (Å²) in [7, 11) is 0. The molecule has 0 atom stereocenters. The first-order valence-corrected chi connectivity index (χ1v) is 5.70. The van der Waals surface area contributed by atoms with E-state index >= 15 is 0 Å². The molecule has 1 aromatic rings. The second-order valence-electron chi connectivity index (χ2n) is 4.18. The van der Waals surface area contributed by atoms with Crippen LogP contribution in [0.5, 0.6) is 0 Å². The average Bonchev–Trinajstić information content (AvgIpc) is 2.63. The molecule has 0 aromatic heterocycles. The maximum atomic E-state index is 11.9. The maximum Gasteiger partial charge on any atom is 0.269 e. The van der Waals surface area contributed by atoms with E-state index in [1.807, 2.05) is 0 Å². The second-order valence-corrected chi connectivity index (χ2v) is 4.18. The number of non-ortho nitro benzene ring substituents is 1. The van der Waals surface area contributed by atoms with Crippen molar-refractivity contribution in [2.75, 3.05) is 6.54 Å². The first-order chi connectivity index (χ1) is 8.13. The molecule has 1 aromatic carbocycles. The number of nitro benzene ring substituents is 1. The van der Waals surface area contributed by atoms with Gasteiger partial charge in [0.05, 0.1) is 4.92 Å². The second kappa shape index (κ2) is 4.53. The third-order valence-corrected chi connectivity index (χ3v) is 2.96. The Morgan fingerprint density at radius 2 is 2.24 bits per heavy atom. The summed E-state index contributed by atoms with van der Waals surface area (Å²) in [6.45, 7) is 3.28. The quantitative estimate of drug-likeness (QED) is 0.593. The van der Waals surface area contributed by atoms with Crippen molar-refractivity contribution < 1.29 is 9.72 Å². The van der Waals surface area contributed by atoms with Crippen molar-refractivity contribution in [3.8, 4) is 0 Å². The molecule has 0 N–H and O–H groups in total. The van der Waals surface area contributed by atoms with E-state index in [0.717, 1.165) is 24.9 Å². The maximum absolute atomic E-state index is 11.9. The molecule has 0 saturated heterocycles. The van der Waals surface area contributed by atoms with Crippen LogP contribution in [-0.4, -0.2) is 22.3 Å². The summed E-state index contributed by atoms with van der Waals surface area (Å²) in [4.78, 5) is 23.9. The topological polar surface area (TPSA) is 63.4 Å². The van der Waals surface area contributed by atoms with E-state index in [0.29, 0.717) is 12.1 Å². The van der Waals surface area contributed by atoms with E-state index in [2.05, 4.69) is 6.92 Å². The predicted molar refractivity (Wildman–Crippen MR) is 62.7 cm³/mol. The Morgan fingerprint density at radius 3 is 2.88 bits per heavy atom. The number of nitrogens with zero attached hydrogens (tertiary/aromatic N) is 2. The molecule has 90 valence electrons. The van der Waals surface area contributed by atoms with E-state index in [-0.39, 0.29) is 11.6 Å². The van der Waals surface area contributed by atoms with Gasteiger partial charge in [-0.05, 0) is 18.1 Å². The van der Waals surface area contributed by atoms with Gasteiger partial charge in [-0.2, -0.15) is 0 Å². The molecule has 0 bridgehead atoms. The molecule has 5 nitrogen and oxygen atoms in total. The fraction of sp³-hybridized carbons (Fsp3) is 0.417. The minimum absolute atomic E-state index is 0.0108. The Kier molecular flexibility index (Phi) is 3.08. The normalized spacial score (nSPS) is 13.9. The highest BCUT2D eigenvalue weighted by molar-refractivity contribution is 5.98. The van der Waals surface area contributed by atoms with Gasteiger partial charge in [0, 0.05) is 30.8 Å².